The molecule has 0 aliphatic heterocycles. The van der Waals surface area contributed by atoms with Crippen LogP contribution in [-0.2, 0) is 12.8 Å². The number of nitrogens with one attached hydrogen (secondary N) is 1. The van der Waals surface area contributed by atoms with Crippen molar-refractivity contribution < 1.29 is 9.21 Å². The van der Waals surface area contributed by atoms with Gasteiger partial charge in [0.05, 0.1) is 5.69 Å². The summed E-state index contributed by atoms with van der Waals surface area (Å²) in [7, 11) is 0. The van der Waals surface area contributed by atoms with E-state index in [0.717, 1.165) is 18.5 Å². The molecule has 0 fully saturated rings. The van der Waals surface area contributed by atoms with E-state index in [2.05, 4.69) is 33.2 Å². The van der Waals surface area contributed by atoms with Crippen LogP contribution < -0.4 is 5.32 Å². The molecule has 1 atom stereocenters. The Kier molecular flexibility index (Phi) is 3.45. The van der Waals surface area contributed by atoms with Crippen LogP contribution in [0.1, 0.15) is 34.5 Å². The smallest absolute Gasteiger partial charge is 0.293 e. The molecule has 2 aromatic rings. The van der Waals surface area contributed by atoms with Gasteiger partial charge in [-0.05, 0) is 53.2 Å². The molecule has 1 aliphatic rings. The first-order valence-corrected chi connectivity index (χ1v) is 7.78. The molecule has 3 rings (SSSR count). The Balaban J connectivity index is 1.75. The Morgan fingerprint density at radius 2 is 2.42 bits per heavy atom. The first-order chi connectivity index (χ1) is 9.11. The number of carbonyl (C=O) groups is 1. The molecule has 1 aliphatic carbocycles. The van der Waals surface area contributed by atoms with Crippen molar-refractivity contribution in [2.75, 3.05) is 5.32 Å². The zero-order chi connectivity index (χ0) is 13.4. The number of nitrogens with zero attached hydrogens (tertiary/aromatic N) is 1. The summed E-state index contributed by atoms with van der Waals surface area (Å²) in [6.45, 7) is 2.25. The van der Waals surface area contributed by atoms with Gasteiger partial charge in [-0.1, -0.05) is 6.92 Å². The fraction of sp³-hybridized carbons (Fsp3) is 0.385. The lowest BCUT2D eigenvalue weighted by molar-refractivity contribution is 0.0995. The minimum absolute atomic E-state index is 0.259. The maximum absolute atomic E-state index is 11.9. The van der Waals surface area contributed by atoms with Crippen molar-refractivity contribution in [2.45, 2.75) is 26.2 Å². The molecule has 1 unspecified atom stereocenters. The van der Waals surface area contributed by atoms with Crippen LogP contribution in [0.2, 0.25) is 0 Å². The molecule has 0 saturated carbocycles. The van der Waals surface area contributed by atoms with Crippen LogP contribution in [0.5, 0.6) is 0 Å². The quantitative estimate of drug-likeness (QED) is 0.902. The lowest BCUT2D eigenvalue weighted by atomic mass is 9.93. The van der Waals surface area contributed by atoms with Gasteiger partial charge in [0, 0.05) is 4.88 Å². The van der Waals surface area contributed by atoms with Crippen LogP contribution in [0, 0.1) is 5.92 Å². The Labute approximate surface area is 123 Å². The summed E-state index contributed by atoms with van der Waals surface area (Å²) in [5.74, 6) is 0.732. The summed E-state index contributed by atoms with van der Waals surface area (Å²) >= 11 is 4.75. The molecule has 6 heteroatoms. The number of halogens is 1. The van der Waals surface area contributed by atoms with Crippen molar-refractivity contribution in [3.63, 3.8) is 0 Å². The van der Waals surface area contributed by atoms with E-state index in [1.165, 1.54) is 11.3 Å². The molecule has 1 N–H and O–H groups in total. The van der Waals surface area contributed by atoms with Crippen LogP contribution in [-0.4, -0.2) is 10.9 Å². The van der Waals surface area contributed by atoms with Gasteiger partial charge in [0.1, 0.15) is 0 Å². The van der Waals surface area contributed by atoms with E-state index in [9.17, 15) is 4.79 Å². The third-order valence-electron chi connectivity index (χ3n) is 3.20. The molecular weight excluding hydrogens is 328 g/mol. The van der Waals surface area contributed by atoms with Crippen molar-refractivity contribution in [1.29, 1.82) is 0 Å². The van der Waals surface area contributed by atoms with Gasteiger partial charge >= 0.3 is 0 Å². The fourth-order valence-electron chi connectivity index (χ4n) is 2.19. The van der Waals surface area contributed by atoms with Crippen molar-refractivity contribution in [2.24, 2.45) is 5.92 Å². The average Bonchev–Trinajstić information content (AvgIpc) is 2.94. The van der Waals surface area contributed by atoms with Gasteiger partial charge in [0.25, 0.3) is 5.91 Å². The molecule has 2 aromatic heterocycles. The Morgan fingerprint density at radius 1 is 1.58 bits per heavy atom. The highest BCUT2D eigenvalue weighted by molar-refractivity contribution is 9.10. The predicted octanol–water partition coefficient (Wildman–Crippen LogP) is 3.88. The van der Waals surface area contributed by atoms with Crippen LogP contribution in [0.3, 0.4) is 0 Å². The number of hydrogen-bond acceptors (Lipinski definition) is 4. The van der Waals surface area contributed by atoms with E-state index in [1.54, 1.807) is 23.5 Å². The van der Waals surface area contributed by atoms with Gasteiger partial charge in [-0.3, -0.25) is 10.1 Å². The molecule has 19 heavy (non-hydrogen) atoms. The van der Waals surface area contributed by atoms with Crippen LogP contribution in [0.25, 0.3) is 0 Å². The molecular formula is C13H13BrN2O2S. The second-order valence-corrected chi connectivity index (χ2v) is 6.66. The minimum Gasteiger partial charge on any atom is -0.444 e. The highest BCUT2D eigenvalue weighted by atomic mass is 79.9. The second kappa shape index (κ2) is 5.09. The number of hydrogen-bond donors (Lipinski definition) is 1. The van der Waals surface area contributed by atoms with Crippen molar-refractivity contribution in [3.8, 4) is 0 Å². The minimum atomic E-state index is -0.259. The number of anilines is 1. The SMILES string of the molecule is CC1CCc2nc(NC(=O)c3ccc(Br)o3)sc2C1. The third-order valence-corrected chi connectivity index (χ3v) is 4.67. The van der Waals surface area contributed by atoms with E-state index >= 15 is 0 Å². The summed E-state index contributed by atoms with van der Waals surface area (Å²) in [6, 6.07) is 3.33. The first-order valence-electron chi connectivity index (χ1n) is 6.17. The number of aryl methyl sites for hydroxylation is 1. The lowest BCUT2D eigenvalue weighted by Gasteiger charge is -2.15. The van der Waals surface area contributed by atoms with Crippen LogP contribution in [0.15, 0.2) is 21.2 Å². The van der Waals surface area contributed by atoms with E-state index in [1.807, 2.05) is 0 Å². The molecule has 0 bridgehead atoms. The van der Waals surface area contributed by atoms with Gasteiger partial charge in [0.2, 0.25) is 0 Å². The molecule has 0 aromatic carbocycles. The first kappa shape index (κ1) is 12.9. The lowest BCUT2D eigenvalue weighted by Crippen LogP contribution is -2.11. The van der Waals surface area contributed by atoms with Crippen LogP contribution in [0.4, 0.5) is 5.13 Å². The van der Waals surface area contributed by atoms with E-state index < -0.39 is 0 Å². The van der Waals surface area contributed by atoms with Gasteiger partial charge in [-0.2, -0.15) is 0 Å². The molecule has 0 spiro atoms. The highest BCUT2D eigenvalue weighted by Gasteiger charge is 2.21. The maximum Gasteiger partial charge on any atom is 0.293 e. The topological polar surface area (TPSA) is 55.1 Å². The monoisotopic (exact) mass is 340 g/mol. The Hall–Kier alpha value is -1.14. The number of furan rings is 1. The van der Waals surface area contributed by atoms with Crippen molar-refractivity contribution in [3.05, 3.63) is 33.1 Å². The number of carbonyl (C=O) groups excluding carboxylic acids is 1. The van der Waals surface area contributed by atoms with E-state index in [-0.39, 0.29) is 11.7 Å². The summed E-state index contributed by atoms with van der Waals surface area (Å²) in [5.41, 5.74) is 1.14. The number of aromatic nitrogens is 1. The number of fused-ring (bicyclic) bond motifs is 1. The van der Waals surface area contributed by atoms with Gasteiger partial charge in [0.15, 0.2) is 15.6 Å². The number of thiazole rings is 1. The normalized spacial score (nSPS) is 18.1. The Bertz CT molecular complexity index is 620. The zero-order valence-electron chi connectivity index (χ0n) is 10.4. The molecule has 0 saturated heterocycles. The van der Waals surface area contributed by atoms with Gasteiger partial charge < -0.3 is 4.42 Å². The third kappa shape index (κ3) is 2.74. The predicted molar refractivity (Wildman–Crippen MR) is 77.7 cm³/mol. The summed E-state index contributed by atoms with van der Waals surface area (Å²) in [6.07, 6.45) is 3.25. The molecule has 100 valence electrons. The average molecular weight is 341 g/mol. The zero-order valence-corrected chi connectivity index (χ0v) is 12.8. The number of amides is 1. The largest absolute Gasteiger partial charge is 0.444 e. The second-order valence-electron chi connectivity index (χ2n) is 4.79. The van der Waals surface area contributed by atoms with E-state index in [4.69, 9.17) is 4.42 Å². The standard InChI is InChI=1S/C13H13BrN2O2S/c1-7-2-3-8-10(6-7)19-13(15-8)16-12(17)9-4-5-11(14)18-9/h4-5,7H,2-3,6H2,1H3,(H,15,16,17). The molecule has 0 radical (unpaired) electrons. The highest BCUT2D eigenvalue weighted by Crippen LogP contribution is 2.32. The number of rotatable bonds is 2. The van der Waals surface area contributed by atoms with Gasteiger partial charge in [-0.15, -0.1) is 11.3 Å². The molecule has 2 heterocycles. The van der Waals surface area contributed by atoms with Gasteiger partial charge in [-0.25, -0.2) is 4.98 Å². The summed E-state index contributed by atoms with van der Waals surface area (Å²) < 4.78 is 5.76. The summed E-state index contributed by atoms with van der Waals surface area (Å²) in [5, 5.41) is 3.46. The van der Waals surface area contributed by atoms with Crippen LogP contribution >= 0.6 is 27.3 Å². The Morgan fingerprint density at radius 3 is 3.16 bits per heavy atom. The van der Waals surface area contributed by atoms with E-state index in [0.29, 0.717) is 15.7 Å². The maximum atomic E-state index is 11.9. The van der Waals surface area contributed by atoms with Crippen molar-refractivity contribution in [1.82, 2.24) is 4.98 Å². The molecule has 4 nitrogen and oxygen atoms in total. The fourth-order valence-corrected chi connectivity index (χ4v) is 3.66. The van der Waals surface area contributed by atoms with Crippen molar-refractivity contribution >= 4 is 38.3 Å². The molecule has 1 amide bonds. The summed E-state index contributed by atoms with van der Waals surface area (Å²) in [4.78, 5) is 17.7.